The summed E-state index contributed by atoms with van der Waals surface area (Å²) in [5, 5.41) is 18.1. The first-order valence-corrected chi connectivity index (χ1v) is 8.68. The van der Waals surface area contributed by atoms with Gasteiger partial charge in [0.25, 0.3) is 5.91 Å². The van der Waals surface area contributed by atoms with Gasteiger partial charge in [-0.05, 0) is 26.0 Å². The molecule has 3 aromatic rings. The number of nitrogens with zero attached hydrogens (tertiary/aromatic N) is 6. The lowest BCUT2D eigenvalue weighted by Gasteiger charge is -2.44. The number of aliphatic hydroxyl groups is 1. The predicted molar refractivity (Wildman–Crippen MR) is 94.2 cm³/mol. The monoisotopic (exact) mass is 368 g/mol. The summed E-state index contributed by atoms with van der Waals surface area (Å²) in [5.41, 5.74) is 1.01. The first-order chi connectivity index (χ1) is 12.9. The zero-order valence-electron chi connectivity index (χ0n) is 15.1. The molecular formula is C18H20N6O3. The van der Waals surface area contributed by atoms with Gasteiger partial charge >= 0.3 is 0 Å². The number of pyridine rings is 1. The van der Waals surface area contributed by atoms with Gasteiger partial charge in [0.15, 0.2) is 5.69 Å². The third kappa shape index (κ3) is 3.59. The van der Waals surface area contributed by atoms with E-state index in [4.69, 9.17) is 4.42 Å². The van der Waals surface area contributed by atoms with Crippen molar-refractivity contribution in [2.45, 2.75) is 25.9 Å². The van der Waals surface area contributed by atoms with Gasteiger partial charge in [-0.2, -0.15) is 15.0 Å². The molecule has 0 bridgehead atoms. The van der Waals surface area contributed by atoms with Crippen LogP contribution in [-0.4, -0.2) is 59.6 Å². The minimum absolute atomic E-state index is 0.0832. The summed E-state index contributed by atoms with van der Waals surface area (Å²) in [6.45, 7) is 4.56. The van der Waals surface area contributed by atoms with E-state index in [0.29, 0.717) is 25.4 Å². The van der Waals surface area contributed by atoms with Gasteiger partial charge in [-0.1, -0.05) is 0 Å². The minimum Gasteiger partial charge on any atom is -0.448 e. The molecule has 1 N–H and O–H groups in total. The fraction of sp³-hybridized carbons (Fsp3) is 0.389. The lowest BCUT2D eigenvalue weighted by atomic mass is 9.84. The summed E-state index contributed by atoms with van der Waals surface area (Å²) in [6, 6.07) is 3.70. The van der Waals surface area contributed by atoms with Gasteiger partial charge in [0.05, 0.1) is 30.6 Å². The van der Waals surface area contributed by atoms with Crippen LogP contribution in [0.3, 0.4) is 0 Å². The molecule has 1 fully saturated rings. The van der Waals surface area contributed by atoms with Crippen LogP contribution in [0.1, 0.15) is 35.9 Å². The van der Waals surface area contributed by atoms with Crippen LogP contribution in [0.2, 0.25) is 0 Å². The van der Waals surface area contributed by atoms with Crippen molar-refractivity contribution < 1.29 is 14.3 Å². The van der Waals surface area contributed by atoms with Gasteiger partial charge in [-0.25, -0.2) is 4.98 Å². The molecule has 9 nitrogen and oxygen atoms in total. The minimum atomic E-state index is -0.782. The Balaban J connectivity index is 1.38. The Bertz CT molecular complexity index is 921. The lowest BCUT2D eigenvalue weighted by molar-refractivity contribution is -0.0508. The molecule has 0 spiro atoms. The highest BCUT2D eigenvalue weighted by Gasteiger charge is 2.40. The number of hydrogen-bond acceptors (Lipinski definition) is 7. The van der Waals surface area contributed by atoms with Gasteiger partial charge in [-0.15, -0.1) is 0 Å². The van der Waals surface area contributed by atoms with Crippen LogP contribution in [0.15, 0.2) is 41.4 Å². The second-order valence-electron chi connectivity index (χ2n) is 7.19. The van der Waals surface area contributed by atoms with Crippen molar-refractivity contribution in [1.29, 1.82) is 0 Å². The maximum absolute atomic E-state index is 12.4. The van der Waals surface area contributed by atoms with Crippen LogP contribution in [-0.2, 0) is 6.42 Å². The Labute approximate surface area is 155 Å². The van der Waals surface area contributed by atoms with Gasteiger partial charge < -0.3 is 14.4 Å². The molecule has 1 saturated heterocycles. The predicted octanol–water partition coefficient (Wildman–Crippen LogP) is 1.08. The zero-order valence-corrected chi connectivity index (χ0v) is 15.1. The third-order valence-corrected chi connectivity index (χ3v) is 4.73. The topological polar surface area (TPSA) is 110 Å². The number of hydrogen-bond donors (Lipinski definition) is 1. The first-order valence-electron chi connectivity index (χ1n) is 8.68. The quantitative estimate of drug-likeness (QED) is 0.717. The van der Waals surface area contributed by atoms with Crippen molar-refractivity contribution in [3.63, 3.8) is 0 Å². The summed E-state index contributed by atoms with van der Waals surface area (Å²) >= 11 is 0. The normalized spacial score (nSPS) is 15.0. The largest absolute Gasteiger partial charge is 0.448 e. The molecule has 4 rings (SSSR count). The Morgan fingerprint density at radius 3 is 2.67 bits per heavy atom. The van der Waals surface area contributed by atoms with Crippen LogP contribution >= 0.6 is 0 Å². The van der Waals surface area contributed by atoms with E-state index in [1.165, 1.54) is 11.1 Å². The molecule has 140 valence electrons. The maximum Gasteiger partial charge on any atom is 0.275 e. The Hall–Kier alpha value is -3.07. The fourth-order valence-corrected chi connectivity index (χ4v) is 2.89. The second kappa shape index (κ2) is 6.58. The van der Waals surface area contributed by atoms with Crippen LogP contribution in [0.5, 0.6) is 0 Å². The number of aromatic nitrogens is 5. The Morgan fingerprint density at radius 2 is 2.04 bits per heavy atom. The number of carbonyl (C=O) groups is 1. The molecule has 0 unspecified atom stereocenters. The standard InChI is InChI=1S/C18H20N6O3/c1-18(2,26)12-9-23(10-12)17(25)15-11-27-16(22-15)7-13-3-4-14(8-19-13)24-20-5-6-21-24/h3-6,8,11-12,26H,7,9-10H2,1-2H3. The summed E-state index contributed by atoms with van der Waals surface area (Å²) in [6.07, 6.45) is 6.62. The van der Waals surface area contributed by atoms with Crippen molar-refractivity contribution in [1.82, 2.24) is 29.9 Å². The Kier molecular flexibility index (Phi) is 4.23. The second-order valence-corrected chi connectivity index (χ2v) is 7.19. The lowest BCUT2D eigenvalue weighted by Crippen LogP contribution is -2.57. The highest BCUT2D eigenvalue weighted by Crippen LogP contribution is 2.28. The molecule has 1 amide bonds. The highest BCUT2D eigenvalue weighted by molar-refractivity contribution is 5.92. The van der Waals surface area contributed by atoms with E-state index in [9.17, 15) is 9.90 Å². The molecule has 0 saturated carbocycles. The van der Waals surface area contributed by atoms with Crippen LogP contribution in [0.4, 0.5) is 0 Å². The van der Waals surface area contributed by atoms with Crippen molar-refractivity contribution in [2.24, 2.45) is 5.92 Å². The number of rotatable bonds is 5. The third-order valence-electron chi connectivity index (χ3n) is 4.73. The van der Waals surface area contributed by atoms with Crippen molar-refractivity contribution in [3.8, 4) is 5.69 Å². The molecule has 27 heavy (non-hydrogen) atoms. The van der Waals surface area contributed by atoms with Gasteiger partial charge in [0.1, 0.15) is 12.0 Å². The van der Waals surface area contributed by atoms with Crippen molar-refractivity contribution in [3.05, 3.63) is 54.3 Å². The highest BCUT2D eigenvalue weighted by atomic mass is 16.3. The molecule has 0 radical (unpaired) electrons. The summed E-state index contributed by atoms with van der Waals surface area (Å²) < 4.78 is 5.43. The molecular weight excluding hydrogens is 348 g/mol. The molecule has 0 aromatic carbocycles. The molecule has 9 heteroatoms. The van der Waals surface area contributed by atoms with E-state index in [-0.39, 0.29) is 17.5 Å². The molecule has 0 atom stereocenters. The Morgan fingerprint density at radius 1 is 1.30 bits per heavy atom. The molecule has 4 heterocycles. The summed E-state index contributed by atoms with van der Waals surface area (Å²) in [7, 11) is 0. The van der Waals surface area contributed by atoms with E-state index in [0.717, 1.165) is 11.4 Å². The molecule has 0 aliphatic carbocycles. The molecule has 1 aliphatic heterocycles. The van der Waals surface area contributed by atoms with Gasteiger partial charge in [0, 0.05) is 24.7 Å². The number of likely N-dealkylation sites (tertiary alicyclic amines) is 1. The molecule has 3 aromatic heterocycles. The SMILES string of the molecule is CC(C)(O)C1CN(C(=O)c2coc(Cc3ccc(-n4nccn4)cn3)n2)C1. The average Bonchev–Trinajstić information content (AvgIpc) is 3.24. The number of carbonyl (C=O) groups excluding carboxylic acids is 1. The smallest absolute Gasteiger partial charge is 0.275 e. The van der Waals surface area contributed by atoms with E-state index < -0.39 is 5.60 Å². The zero-order chi connectivity index (χ0) is 19.0. The van der Waals surface area contributed by atoms with E-state index in [1.54, 1.807) is 37.3 Å². The van der Waals surface area contributed by atoms with Gasteiger partial charge in [-0.3, -0.25) is 9.78 Å². The number of amides is 1. The molecule has 1 aliphatic rings. The maximum atomic E-state index is 12.4. The van der Waals surface area contributed by atoms with Crippen LogP contribution in [0.25, 0.3) is 5.69 Å². The van der Waals surface area contributed by atoms with Crippen LogP contribution < -0.4 is 0 Å². The van der Waals surface area contributed by atoms with Crippen LogP contribution in [0, 0.1) is 5.92 Å². The van der Waals surface area contributed by atoms with E-state index in [1.807, 2.05) is 12.1 Å². The van der Waals surface area contributed by atoms with E-state index in [2.05, 4.69) is 20.2 Å². The summed E-state index contributed by atoms with van der Waals surface area (Å²) in [4.78, 5) is 24.2. The van der Waals surface area contributed by atoms with Crippen molar-refractivity contribution >= 4 is 5.91 Å². The average molecular weight is 368 g/mol. The number of oxazole rings is 1. The van der Waals surface area contributed by atoms with Crippen molar-refractivity contribution in [2.75, 3.05) is 13.1 Å². The fourth-order valence-electron chi connectivity index (χ4n) is 2.89. The summed E-state index contributed by atoms with van der Waals surface area (Å²) in [5.74, 6) is 0.328. The van der Waals surface area contributed by atoms with E-state index >= 15 is 0 Å². The first kappa shape index (κ1) is 17.3. The van der Waals surface area contributed by atoms with Gasteiger partial charge in [0.2, 0.25) is 5.89 Å².